The predicted molar refractivity (Wildman–Crippen MR) is 112 cm³/mol. The second kappa shape index (κ2) is 7.98. The summed E-state index contributed by atoms with van der Waals surface area (Å²) in [7, 11) is 0. The van der Waals surface area contributed by atoms with Crippen molar-refractivity contribution in [2.24, 2.45) is 0 Å². The van der Waals surface area contributed by atoms with Crippen molar-refractivity contribution in [3.05, 3.63) is 71.8 Å². The van der Waals surface area contributed by atoms with Crippen LogP contribution in [0.3, 0.4) is 0 Å². The Balaban J connectivity index is 1.77. The van der Waals surface area contributed by atoms with E-state index in [4.69, 9.17) is 5.11 Å². The topological polar surface area (TPSA) is 60.8 Å². The minimum atomic E-state index is -4.52. The highest BCUT2D eigenvalue weighted by molar-refractivity contribution is 5.88. The van der Waals surface area contributed by atoms with E-state index in [2.05, 4.69) is 0 Å². The van der Waals surface area contributed by atoms with E-state index in [-0.39, 0.29) is 28.1 Å². The summed E-state index contributed by atoms with van der Waals surface area (Å²) >= 11 is 0. The van der Waals surface area contributed by atoms with Gasteiger partial charge in [0.15, 0.2) is 0 Å². The molecule has 4 nitrogen and oxygen atoms in total. The number of aromatic hydroxyl groups is 1. The SMILES string of the molecule is O=C(O)c1ccc(-c2ccc(O)c(-c3ccc(N4CCCC4)c(C(F)(F)F)c3)c2)cc1. The van der Waals surface area contributed by atoms with Crippen LogP contribution < -0.4 is 4.90 Å². The van der Waals surface area contributed by atoms with Gasteiger partial charge in [0, 0.05) is 24.3 Å². The van der Waals surface area contributed by atoms with Crippen molar-refractivity contribution < 1.29 is 28.2 Å². The van der Waals surface area contributed by atoms with Gasteiger partial charge in [-0.3, -0.25) is 0 Å². The van der Waals surface area contributed by atoms with Crippen molar-refractivity contribution >= 4 is 11.7 Å². The molecule has 7 heteroatoms. The summed E-state index contributed by atoms with van der Waals surface area (Å²) in [6, 6.07) is 15.0. The van der Waals surface area contributed by atoms with Gasteiger partial charge in [-0.1, -0.05) is 24.3 Å². The monoisotopic (exact) mass is 427 g/mol. The summed E-state index contributed by atoms with van der Waals surface area (Å²) in [5.41, 5.74) is 1.46. The fourth-order valence-electron chi connectivity index (χ4n) is 3.92. The molecule has 0 radical (unpaired) electrons. The average molecular weight is 427 g/mol. The predicted octanol–water partition coefficient (Wildman–Crippen LogP) is 6.04. The van der Waals surface area contributed by atoms with Gasteiger partial charge in [0.25, 0.3) is 0 Å². The summed E-state index contributed by atoms with van der Waals surface area (Å²) < 4.78 is 41.4. The lowest BCUT2D eigenvalue weighted by molar-refractivity contribution is -0.137. The number of rotatable bonds is 4. The summed E-state index contributed by atoms with van der Waals surface area (Å²) in [4.78, 5) is 12.8. The fourth-order valence-corrected chi connectivity index (χ4v) is 3.92. The highest BCUT2D eigenvalue weighted by atomic mass is 19.4. The number of alkyl halides is 3. The van der Waals surface area contributed by atoms with Gasteiger partial charge in [0.2, 0.25) is 0 Å². The van der Waals surface area contributed by atoms with Crippen LogP contribution >= 0.6 is 0 Å². The molecule has 3 aromatic carbocycles. The Hall–Kier alpha value is -3.48. The molecule has 0 saturated carbocycles. The molecule has 0 atom stereocenters. The summed E-state index contributed by atoms with van der Waals surface area (Å²) in [6.07, 6.45) is -2.79. The summed E-state index contributed by atoms with van der Waals surface area (Å²) in [6.45, 7) is 1.19. The average Bonchev–Trinajstić information content (AvgIpc) is 3.28. The van der Waals surface area contributed by atoms with Crippen molar-refractivity contribution in [1.29, 1.82) is 0 Å². The zero-order valence-corrected chi connectivity index (χ0v) is 16.5. The van der Waals surface area contributed by atoms with Gasteiger partial charge < -0.3 is 15.1 Å². The Morgan fingerprint density at radius 2 is 1.45 bits per heavy atom. The van der Waals surface area contributed by atoms with Gasteiger partial charge in [-0.15, -0.1) is 0 Å². The standard InChI is InChI=1S/C24H20F3NO3/c25-24(26,27)20-14-18(7-9-21(20)28-11-1-2-12-28)19-13-17(8-10-22(19)29)15-3-5-16(6-4-15)23(30)31/h3-10,13-14,29H,1-2,11-12H2,(H,30,31). The number of hydrogen-bond donors (Lipinski definition) is 2. The Morgan fingerprint density at radius 1 is 0.839 bits per heavy atom. The summed E-state index contributed by atoms with van der Waals surface area (Å²) in [5, 5.41) is 19.4. The number of carboxylic acid groups (broad SMARTS) is 1. The molecule has 1 saturated heterocycles. The Morgan fingerprint density at radius 3 is 2.06 bits per heavy atom. The van der Waals surface area contributed by atoms with Crippen LogP contribution in [-0.4, -0.2) is 29.3 Å². The highest BCUT2D eigenvalue weighted by Crippen LogP contribution is 2.42. The van der Waals surface area contributed by atoms with Crippen molar-refractivity contribution in [3.8, 4) is 28.0 Å². The van der Waals surface area contributed by atoms with Crippen LogP contribution in [0.4, 0.5) is 18.9 Å². The number of anilines is 1. The van der Waals surface area contributed by atoms with Gasteiger partial charge >= 0.3 is 12.1 Å². The van der Waals surface area contributed by atoms with Gasteiger partial charge in [0.1, 0.15) is 5.75 Å². The number of nitrogens with zero attached hydrogens (tertiary/aromatic N) is 1. The molecule has 1 aliphatic rings. The van der Waals surface area contributed by atoms with E-state index in [9.17, 15) is 23.1 Å². The van der Waals surface area contributed by atoms with E-state index in [1.807, 2.05) is 0 Å². The van der Waals surface area contributed by atoms with Crippen LogP contribution in [0, 0.1) is 0 Å². The van der Waals surface area contributed by atoms with E-state index in [1.165, 1.54) is 24.3 Å². The van der Waals surface area contributed by atoms with Crippen molar-refractivity contribution in [2.45, 2.75) is 19.0 Å². The van der Waals surface area contributed by atoms with Gasteiger partial charge in [-0.2, -0.15) is 13.2 Å². The second-order valence-corrected chi connectivity index (χ2v) is 7.54. The molecule has 1 fully saturated rings. The smallest absolute Gasteiger partial charge is 0.418 e. The Bertz CT molecular complexity index is 1120. The lowest BCUT2D eigenvalue weighted by atomic mass is 9.96. The van der Waals surface area contributed by atoms with Crippen LogP contribution in [0.5, 0.6) is 5.75 Å². The normalized spacial score (nSPS) is 14.1. The first-order chi connectivity index (χ1) is 14.7. The number of halogens is 3. The maximum absolute atomic E-state index is 13.8. The van der Waals surface area contributed by atoms with Gasteiger partial charge in [-0.25, -0.2) is 4.79 Å². The molecular formula is C24H20F3NO3. The lowest BCUT2D eigenvalue weighted by Gasteiger charge is -2.23. The van der Waals surface area contributed by atoms with Crippen LogP contribution in [-0.2, 0) is 6.18 Å². The highest BCUT2D eigenvalue weighted by Gasteiger charge is 2.36. The number of phenolic OH excluding ortho intramolecular Hbond substituents is 1. The van der Waals surface area contributed by atoms with Gasteiger partial charge in [-0.05, 0) is 65.9 Å². The molecule has 4 rings (SSSR count). The summed E-state index contributed by atoms with van der Waals surface area (Å²) in [5.74, 6) is -1.18. The number of hydrogen-bond acceptors (Lipinski definition) is 3. The first-order valence-corrected chi connectivity index (χ1v) is 9.87. The lowest BCUT2D eigenvalue weighted by Crippen LogP contribution is -2.22. The molecule has 0 bridgehead atoms. The third kappa shape index (κ3) is 4.21. The minimum absolute atomic E-state index is 0.132. The molecule has 1 aliphatic heterocycles. The number of phenols is 1. The molecule has 160 valence electrons. The largest absolute Gasteiger partial charge is 0.507 e. The molecule has 0 amide bonds. The Kier molecular flexibility index (Phi) is 5.35. The van der Waals surface area contributed by atoms with E-state index in [0.29, 0.717) is 24.2 Å². The fraction of sp³-hybridized carbons (Fsp3) is 0.208. The maximum Gasteiger partial charge on any atom is 0.418 e. The zero-order chi connectivity index (χ0) is 22.2. The van der Waals surface area contributed by atoms with Crippen LogP contribution in [0.1, 0.15) is 28.8 Å². The molecule has 3 aromatic rings. The van der Waals surface area contributed by atoms with Crippen molar-refractivity contribution in [3.63, 3.8) is 0 Å². The second-order valence-electron chi connectivity index (χ2n) is 7.54. The molecule has 0 spiro atoms. The molecule has 31 heavy (non-hydrogen) atoms. The van der Waals surface area contributed by atoms with Crippen LogP contribution in [0.25, 0.3) is 22.3 Å². The van der Waals surface area contributed by atoms with E-state index >= 15 is 0 Å². The Labute approximate surface area is 177 Å². The number of carboxylic acids is 1. The van der Waals surface area contributed by atoms with Crippen molar-refractivity contribution in [1.82, 2.24) is 0 Å². The minimum Gasteiger partial charge on any atom is -0.507 e. The first kappa shape index (κ1) is 20.8. The molecule has 0 aliphatic carbocycles. The van der Waals surface area contributed by atoms with E-state index in [1.54, 1.807) is 35.2 Å². The van der Waals surface area contributed by atoms with E-state index < -0.39 is 17.7 Å². The number of benzene rings is 3. The first-order valence-electron chi connectivity index (χ1n) is 9.87. The quantitative estimate of drug-likeness (QED) is 0.533. The number of carbonyl (C=O) groups is 1. The van der Waals surface area contributed by atoms with E-state index in [0.717, 1.165) is 18.9 Å². The third-order valence-corrected chi connectivity index (χ3v) is 5.52. The van der Waals surface area contributed by atoms with Crippen LogP contribution in [0.15, 0.2) is 60.7 Å². The van der Waals surface area contributed by atoms with Crippen LogP contribution in [0.2, 0.25) is 0 Å². The van der Waals surface area contributed by atoms with Gasteiger partial charge in [0.05, 0.1) is 11.1 Å². The third-order valence-electron chi connectivity index (χ3n) is 5.52. The molecule has 0 unspecified atom stereocenters. The maximum atomic E-state index is 13.8. The number of aromatic carboxylic acids is 1. The molecule has 0 aromatic heterocycles. The zero-order valence-electron chi connectivity index (χ0n) is 16.5. The molecule has 2 N–H and O–H groups in total. The molecular weight excluding hydrogens is 407 g/mol. The molecule has 1 heterocycles. The van der Waals surface area contributed by atoms with Crippen molar-refractivity contribution in [2.75, 3.05) is 18.0 Å².